The first-order valence-electron chi connectivity index (χ1n) is 4.21. The highest BCUT2D eigenvalue weighted by atomic mass is 16.2. The SMILES string of the molecule is CC(=O)N1CC2CC(N)C1C2. The van der Waals surface area contributed by atoms with Crippen molar-refractivity contribution < 1.29 is 4.79 Å². The molecule has 2 aliphatic rings. The van der Waals surface area contributed by atoms with Crippen LogP contribution in [0, 0.1) is 5.92 Å². The fraction of sp³-hybridized carbons (Fsp3) is 0.875. The second-order valence-corrected chi connectivity index (χ2v) is 3.74. The lowest BCUT2D eigenvalue weighted by atomic mass is 10.1. The zero-order valence-electron chi connectivity index (χ0n) is 6.79. The molecule has 0 aromatic heterocycles. The Balaban J connectivity index is 2.12. The second-order valence-electron chi connectivity index (χ2n) is 3.74. The Morgan fingerprint density at radius 1 is 1.55 bits per heavy atom. The first-order chi connectivity index (χ1) is 5.18. The fourth-order valence-electron chi connectivity index (χ4n) is 2.44. The van der Waals surface area contributed by atoms with Gasteiger partial charge in [-0.25, -0.2) is 0 Å². The Kier molecular flexibility index (Phi) is 1.42. The van der Waals surface area contributed by atoms with Gasteiger partial charge in [0, 0.05) is 25.6 Å². The average molecular weight is 154 g/mol. The van der Waals surface area contributed by atoms with E-state index in [2.05, 4.69) is 0 Å². The molecule has 3 atom stereocenters. The van der Waals surface area contributed by atoms with Crippen LogP contribution in [0.2, 0.25) is 0 Å². The highest BCUT2D eigenvalue weighted by Gasteiger charge is 2.44. The number of amides is 1. The Morgan fingerprint density at radius 2 is 2.27 bits per heavy atom. The molecule has 1 heterocycles. The van der Waals surface area contributed by atoms with Crippen molar-refractivity contribution in [1.29, 1.82) is 0 Å². The van der Waals surface area contributed by atoms with Crippen LogP contribution in [0.1, 0.15) is 19.8 Å². The summed E-state index contributed by atoms with van der Waals surface area (Å²) >= 11 is 0. The van der Waals surface area contributed by atoms with E-state index in [1.165, 1.54) is 0 Å². The smallest absolute Gasteiger partial charge is 0.219 e. The van der Waals surface area contributed by atoms with Gasteiger partial charge in [0.1, 0.15) is 0 Å². The molecule has 3 nitrogen and oxygen atoms in total. The van der Waals surface area contributed by atoms with Gasteiger partial charge in [0.25, 0.3) is 0 Å². The van der Waals surface area contributed by atoms with Crippen molar-refractivity contribution in [2.24, 2.45) is 11.7 Å². The van der Waals surface area contributed by atoms with Gasteiger partial charge in [0.05, 0.1) is 0 Å². The van der Waals surface area contributed by atoms with Crippen molar-refractivity contribution in [2.75, 3.05) is 6.54 Å². The van der Waals surface area contributed by atoms with E-state index in [4.69, 9.17) is 5.73 Å². The third-order valence-corrected chi connectivity index (χ3v) is 2.93. The number of fused-ring (bicyclic) bond motifs is 2. The molecule has 0 spiro atoms. The van der Waals surface area contributed by atoms with Crippen molar-refractivity contribution >= 4 is 5.91 Å². The molecule has 0 aromatic rings. The number of hydrogen-bond acceptors (Lipinski definition) is 2. The summed E-state index contributed by atoms with van der Waals surface area (Å²) in [7, 11) is 0. The summed E-state index contributed by atoms with van der Waals surface area (Å²) in [5.74, 6) is 0.881. The predicted molar refractivity (Wildman–Crippen MR) is 41.9 cm³/mol. The maximum atomic E-state index is 11.1. The predicted octanol–water partition coefficient (Wildman–Crippen LogP) is -0.0456. The summed E-state index contributed by atoms with van der Waals surface area (Å²) in [5, 5.41) is 0. The average Bonchev–Trinajstić information content (AvgIpc) is 2.43. The van der Waals surface area contributed by atoms with Gasteiger partial charge in [-0.15, -0.1) is 0 Å². The van der Waals surface area contributed by atoms with Crippen LogP contribution in [-0.4, -0.2) is 29.4 Å². The van der Waals surface area contributed by atoms with Crippen LogP contribution in [-0.2, 0) is 4.79 Å². The molecule has 1 saturated carbocycles. The number of likely N-dealkylation sites (tertiary alicyclic amines) is 1. The van der Waals surface area contributed by atoms with E-state index in [0.29, 0.717) is 12.0 Å². The van der Waals surface area contributed by atoms with E-state index in [1.54, 1.807) is 6.92 Å². The number of carbonyl (C=O) groups excluding carboxylic acids is 1. The first kappa shape index (κ1) is 7.10. The van der Waals surface area contributed by atoms with Gasteiger partial charge in [0.2, 0.25) is 5.91 Å². The monoisotopic (exact) mass is 154 g/mol. The summed E-state index contributed by atoms with van der Waals surface area (Å²) in [6.45, 7) is 2.58. The Morgan fingerprint density at radius 3 is 2.64 bits per heavy atom. The summed E-state index contributed by atoms with van der Waals surface area (Å²) in [6.07, 6.45) is 2.26. The molecule has 1 aliphatic heterocycles. The molecule has 3 heteroatoms. The summed E-state index contributed by atoms with van der Waals surface area (Å²) in [6, 6.07) is 0.607. The van der Waals surface area contributed by atoms with Gasteiger partial charge in [-0.05, 0) is 18.8 Å². The highest BCUT2D eigenvalue weighted by molar-refractivity contribution is 5.74. The molecule has 3 unspecified atom stereocenters. The molecule has 62 valence electrons. The van der Waals surface area contributed by atoms with Gasteiger partial charge < -0.3 is 10.6 Å². The van der Waals surface area contributed by atoms with Crippen LogP contribution >= 0.6 is 0 Å². The molecule has 1 aliphatic carbocycles. The fourth-order valence-corrected chi connectivity index (χ4v) is 2.44. The molecule has 0 aromatic carbocycles. The summed E-state index contributed by atoms with van der Waals surface area (Å²) in [5.41, 5.74) is 5.85. The van der Waals surface area contributed by atoms with E-state index in [0.717, 1.165) is 19.4 Å². The minimum atomic E-state index is 0.188. The maximum absolute atomic E-state index is 11.1. The molecule has 0 radical (unpaired) electrons. The van der Waals surface area contributed by atoms with Gasteiger partial charge in [-0.3, -0.25) is 4.79 Å². The topological polar surface area (TPSA) is 46.3 Å². The first-order valence-corrected chi connectivity index (χ1v) is 4.21. The highest BCUT2D eigenvalue weighted by Crippen LogP contribution is 2.36. The largest absolute Gasteiger partial charge is 0.338 e. The number of rotatable bonds is 0. The lowest BCUT2D eigenvalue weighted by Gasteiger charge is -2.30. The van der Waals surface area contributed by atoms with E-state index in [-0.39, 0.29) is 11.9 Å². The number of hydrogen-bond donors (Lipinski definition) is 1. The maximum Gasteiger partial charge on any atom is 0.219 e. The summed E-state index contributed by atoms with van der Waals surface area (Å²) < 4.78 is 0. The number of carbonyl (C=O) groups is 1. The van der Waals surface area contributed by atoms with Crippen molar-refractivity contribution in [3.05, 3.63) is 0 Å². The van der Waals surface area contributed by atoms with Gasteiger partial charge >= 0.3 is 0 Å². The van der Waals surface area contributed by atoms with Crippen LogP contribution in [0.25, 0.3) is 0 Å². The van der Waals surface area contributed by atoms with E-state index < -0.39 is 0 Å². The molecular weight excluding hydrogens is 140 g/mol. The Labute approximate surface area is 66.5 Å². The van der Waals surface area contributed by atoms with Crippen LogP contribution in [0.15, 0.2) is 0 Å². The van der Waals surface area contributed by atoms with E-state index >= 15 is 0 Å². The normalized spacial score (nSPS) is 41.6. The van der Waals surface area contributed by atoms with Crippen molar-refractivity contribution in [2.45, 2.75) is 31.8 Å². The van der Waals surface area contributed by atoms with E-state index in [1.807, 2.05) is 4.90 Å². The van der Waals surface area contributed by atoms with Crippen molar-refractivity contribution in [3.63, 3.8) is 0 Å². The minimum absolute atomic E-state index is 0.188. The van der Waals surface area contributed by atoms with Crippen molar-refractivity contribution in [1.82, 2.24) is 4.90 Å². The van der Waals surface area contributed by atoms with Crippen LogP contribution < -0.4 is 5.73 Å². The third kappa shape index (κ3) is 0.948. The molecule has 2 bridgehead atoms. The lowest BCUT2D eigenvalue weighted by Crippen LogP contribution is -2.47. The molecule has 11 heavy (non-hydrogen) atoms. The quantitative estimate of drug-likeness (QED) is 0.532. The van der Waals surface area contributed by atoms with Crippen LogP contribution in [0.5, 0.6) is 0 Å². The lowest BCUT2D eigenvalue weighted by molar-refractivity contribution is -0.130. The molecule has 1 amide bonds. The van der Waals surface area contributed by atoms with E-state index in [9.17, 15) is 4.79 Å². The van der Waals surface area contributed by atoms with Crippen LogP contribution in [0.4, 0.5) is 0 Å². The van der Waals surface area contributed by atoms with Crippen LogP contribution in [0.3, 0.4) is 0 Å². The molecule has 2 N–H and O–H groups in total. The molecule has 2 rings (SSSR count). The Bertz CT molecular complexity index is 193. The minimum Gasteiger partial charge on any atom is -0.338 e. The number of nitrogens with two attached hydrogens (primary N) is 1. The molecule has 1 saturated heterocycles. The number of nitrogens with zero attached hydrogens (tertiary/aromatic N) is 1. The third-order valence-electron chi connectivity index (χ3n) is 2.93. The zero-order valence-corrected chi connectivity index (χ0v) is 6.79. The van der Waals surface area contributed by atoms with Gasteiger partial charge in [0.15, 0.2) is 0 Å². The standard InChI is InChI=1S/C8H14N2O/c1-5(11)10-4-6-2-7(9)8(10)3-6/h6-8H,2-4,9H2,1H3. The Hall–Kier alpha value is -0.570. The van der Waals surface area contributed by atoms with Gasteiger partial charge in [-0.1, -0.05) is 0 Å². The number of piperidine rings is 1. The van der Waals surface area contributed by atoms with Gasteiger partial charge in [-0.2, -0.15) is 0 Å². The summed E-state index contributed by atoms with van der Waals surface area (Å²) in [4.78, 5) is 13.0. The zero-order chi connectivity index (χ0) is 8.01. The molecular formula is C8H14N2O. The second kappa shape index (κ2) is 2.21. The van der Waals surface area contributed by atoms with Crippen molar-refractivity contribution in [3.8, 4) is 0 Å². The molecule has 2 fully saturated rings.